The molecule has 0 radical (unpaired) electrons. The van der Waals surface area contributed by atoms with Crippen LogP contribution in [0.1, 0.15) is 71.6 Å². The van der Waals surface area contributed by atoms with Crippen LogP contribution in [0.4, 0.5) is 0 Å². The van der Waals surface area contributed by atoms with Crippen LogP contribution < -0.4 is 0 Å². The number of ether oxygens (including phenoxy) is 5. The highest BCUT2D eigenvalue weighted by Crippen LogP contribution is 2.69. The van der Waals surface area contributed by atoms with Crippen molar-refractivity contribution in [2.24, 2.45) is 34.5 Å². The van der Waals surface area contributed by atoms with Crippen LogP contribution in [0, 0.1) is 34.5 Å². The van der Waals surface area contributed by atoms with Gasteiger partial charge in [-0.05, 0) is 94.0 Å². The number of carbonyl (C=O) groups excluding carboxylic acids is 2. The van der Waals surface area contributed by atoms with E-state index in [4.69, 9.17) is 23.7 Å². The highest BCUT2D eigenvalue weighted by Gasteiger charge is 2.68. The third-order valence-electron chi connectivity index (χ3n) is 14.0. The molecule has 14 nitrogen and oxygen atoms in total. The van der Waals surface area contributed by atoms with Crippen molar-refractivity contribution < 1.29 is 69.0 Å². The fourth-order valence-corrected chi connectivity index (χ4v) is 11.2. The van der Waals surface area contributed by atoms with Gasteiger partial charge in [-0.15, -0.1) is 0 Å². The van der Waals surface area contributed by atoms with E-state index in [2.05, 4.69) is 6.92 Å². The summed E-state index contributed by atoms with van der Waals surface area (Å²) in [4.78, 5) is 25.0. The minimum absolute atomic E-state index is 0.0177. The van der Waals surface area contributed by atoms with Gasteiger partial charge in [0.2, 0.25) is 0 Å². The maximum atomic E-state index is 13.1. The molecule has 7 rings (SSSR count). The summed E-state index contributed by atoms with van der Waals surface area (Å²) in [5, 5.41) is 74.7. The minimum Gasteiger partial charge on any atom is -0.458 e. The third-order valence-corrected chi connectivity index (χ3v) is 14.0. The summed E-state index contributed by atoms with van der Waals surface area (Å²) < 4.78 is 28.6. The van der Waals surface area contributed by atoms with Gasteiger partial charge in [0, 0.05) is 16.9 Å². The number of carbonyl (C=O) groups is 2. The molecule has 14 heteroatoms. The Balaban J connectivity index is 0.997. The van der Waals surface area contributed by atoms with E-state index in [1.807, 2.05) is 0 Å². The molecule has 0 aromatic carbocycles. The van der Waals surface area contributed by atoms with Crippen LogP contribution in [0.25, 0.3) is 0 Å². The van der Waals surface area contributed by atoms with Crippen LogP contribution in [0.3, 0.4) is 0 Å². The summed E-state index contributed by atoms with van der Waals surface area (Å²) in [6.45, 7) is 3.39. The molecule has 0 aromatic heterocycles. The summed E-state index contributed by atoms with van der Waals surface area (Å²) in [6, 6.07) is 0. The van der Waals surface area contributed by atoms with Gasteiger partial charge in [0.15, 0.2) is 12.6 Å². The first-order valence-corrected chi connectivity index (χ1v) is 18.0. The Hall–Kier alpha value is -1.56. The van der Waals surface area contributed by atoms with Gasteiger partial charge in [-0.2, -0.15) is 0 Å². The largest absolute Gasteiger partial charge is 0.458 e. The topological polar surface area (TPSA) is 222 Å². The molecule has 1 unspecified atom stereocenters. The Bertz CT molecular complexity index is 1290. The molecule has 3 aliphatic heterocycles. The molecule has 0 amide bonds. The molecule has 276 valence electrons. The Labute approximate surface area is 285 Å². The summed E-state index contributed by atoms with van der Waals surface area (Å²) in [6.07, 6.45) is -5.37. The van der Waals surface area contributed by atoms with Crippen molar-refractivity contribution >= 4 is 12.3 Å². The maximum Gasteiger partial charge on any atom is 0.331 e. The number of fused-ring (bicyclic) bond motifs is 5. The molecule has 4 saturated carbocycles. The second kappa shape index (κ2) is 13.1. The Morgan fingerprint density at radius 3 is 2.31 bits per heavy atom. The van der Waals surface area contributed by atoms with Crippen molar-refractivity contribution in [3.63, 3.8) is 0 Å². The zero-order chi connectivity index (χ0) is 35.0. The summed E-state index contributed by atoms with van der Waals surface area (Å²) >= 11 is 0. The molecule has 0 aromatic rings. The fraction of sp³-hybridized carbons (Fsp3) is 0.886. The van der Waals surface area contributed by atoms with Gasteiger partial charge in [0.25, 0.3) is 0 Å². The van der Waals surface area contributed by atoms with Crippen molar-refractivity contribution in [3.8, 4) is 0 Å². The van der Waals surface area contributed by atoms with Gasteiger partial charge in [-0.1, -0.05) is 6.92 Å². The molecule has 3 heterocycles. The van der Waals surface area contributed by atoms with E-state index in [1.54, 1.807) is 13.0 Å². The van der Waals surface area contributed by atoms with Gasteiger partial charge >= 0.3 is 5.97 Å². The van der Waals surface area contributed by atoms with Gasteiger partial charge in [0.1, 0.15) is 55.6 Å². The average molecular weight is 697 g/mol. The molecular formula is C35H52O14. The Morgan fingerprint density at radius 2 is 1.61 bits per heavy atom. The molecule has 49 heavy (non-hydrogen) atoms. The zero-order valence-electron chi connectivity index (χ0n) is 28.1. The van der Waals surface area contributed by atoms with Gasteiger partial charge in [-0.25, -0.2) is 4.79 Å². The number of cyclic esters (lactones) is 1. The van der Waals surface area contributed by atoms with Crippen molar-refractivity contribution in [2.45, 2.75) is 145 Å². The van der Waals surface area contributed by atoms with E-state index in [9.17, 15) is 45.3 Å². The second-order valence-electron chi connectivity index (χ2n) is 16.0. The summed E-state index contributed by atoms with van der Waals surface area (Å²) in [5.74, 6) is -0.243. The second-order valence-corrected chi connectivity index (χ2v) is 16.0. The Morgan fingerprint density at radius 1 is 0.878 bits per heavy atom. The van der Waals surface area contributed by atoms with E-state index in [-0.39, 0.29) is 42.4 Å². The number of hydrogen-bond donors (Lipinski definition) is 7. The van der Waals surface area contributed by atoms with Crippen LogP contribution in [0.5, 0.6) is 0 Å². The molecule has 7 N–H and O–H groups in total. The maximum absolute atomic E-state index is 13.1. The van der Waals surface area contributed by atoms with Crippen LogP contribution in [-0.4, -0.2) is 134 Å². The first-order chi connectivity index (χ1) is 23.3. The lowest BCUT2D eigenvalue weighted by atomic mass is 9.43. The molecular weight excluding hydrogens is 644 g/mol. The average Bonchev–Trinajstić information content (AvgIpc) is 3.64. The van der Waals surface area contributed by atoms with Crippen molar-refractivity contribution in [2.75, 3.05) is 13.2 Å². The van der Waals surface area contributed by atoms with Crippen LogP contribution >= 0.6 is 0 Å². The predicted octanol–water partition coefficient (Wildman–Crippen LogP) is -0.541. The monoisotopic (exact) mass is 696 g/mol. The lowest BCUT2D eigenvalue weighted by Crippen LogP contribution is -2.64. The SMILES string of the molecule is C[C@H]1O[C@@H](O[C@H]2CC[C@@]3(C=O)C(CC[C@@H]4[C@@H]3CC[C@]3(C)[C@@H](C5=CC(=O)OC5)CC[C@]43O)C2)[C@H](O)[C@@H](O)[C@@H]1O[C@@H]1O[C@H](CO)[C@@H](O)[C@H](O)[C@H]1O. The Kier molecular flexibility index (Phi) is 9.60. The summed E-state index contributed by atoms with van der Waals surface area (Å²) in [5.41, 5.74) is -0.979. The highest BCUT2D eigenvalue weighted by molar-refractivity contribution is 5.85. The van der Waals surface area contributed by atoms with E-state index < -0.39 is 84.4 Å². The van der Waals surface area contributed by atoms with E-state index >= 15 is 0 Å². The number of hydrogen-bond acceptors (Lipinski definition) is 14. The van der Waals surface area contributed by atoms with Crippen LogP contribution in [0.15, 0.2) is 11.6 Å². The fourth-order valence-electron chi connectivity index (χ4n) is 11.2. The quantitative estimate of drug-likeness (QED) is 0.101. The molecule has 6 fully saturated rings. The van der Waals surface area contributed by atoms with Crippen LogP contribution in [-0.2, 0) is 33.3 Å². The normalized spacial score (nSPS) is 54.3. The van der Waals surface area contributed by atoms with E-state index in [1.165, 1.54) is 0 Å². The van der Waals surface area contributed by atoms with Crippen LogP contribution in [0.2, 0.25) is 0 Å². The van der Waals surface area contributed by atoms with Crippen molar-refractivity contribution in [3.05, 3.63) is 11.6 Å². The number of aliphatic hydroxyl groups excluding tert-OH is 6. The number of aliphatic hydroxyl groups is 7. The first-order valence-electron chi connectivity index (χ1n) is 18.0. The van der Waals surface area contributed by atoms with Gasteiger partial charge in [0.05, 0.1) is 24.4 Å². The van der Waals surface area contributed by atoms with Gasteiger partial charge < -0.3 is 64.2 Å². The van der Waals surface area contributed by atoms with Crippen molar-refractivity contribution in [1.82, 2.24) is 0 Å². The molecule has 2 saturated heterocycles. The number of esters is 1. The predicted molar refractivity (Wildman–Crippen MR) is 166 cm³/mol. The zero-order valence-corrected chi connectivity index (χ0v) is 28.1. The number of rotatable bonds is 7. The summed E-state index contributed by atoms with van der Waals surface area (Å²) in [7, 11) is 0. The molecule has 0 spiro atoms. The molecule has 18 atom stereocenters. The third kappa shape index (κ3) is 5.56. The lowest BCUT2D eigenvalue weighted by Gasteiger charge is -2.63. The first kappa shape index (κ1) is 35.8. The molecule has 4 aliphatic carbocycles. The standard InChI is InChI=1S/C35H52O14/c1-16-30(49-32-28(42)26(40)25(39)23(13-36)48-32)27(41)29(43)31(46-16)47-19-5-9-34(15-37)18(12-19)3-4-22-21(34)6-8-33(2)20(7-10-35(22,33)44)17-11-24(38)45-14-17/h11,15-16,18-23,25-32,36,39-44H,3-10,12-14H2,1-2H3/t16-,18?,19+,20-,21+,22-,23-,25-,26+,27-,28-,29-,30-,31+,32+,33-,34-,35+/m1/s1. The molecule has 0 bridgehead atoms. The number of aldehydes is 1. The van der Waals surface area contributed by atoms with E-state index in [0.29, 0.717) is 25.7 Å². The van der Waals surface area contributed by atoms with Crippen molar-refractivity contribution in [1.29, 1.82) is 0 Å². The lowest BCUT2D eigenvalue weighted by molar-refractivity contribution is -0.360. The highest BCUT2D eigenvalue weighted by atomic mass is 16.7. The minimum atomic E-state index is -1.68. The van der Waals surface area contributed by atoms with E-state index in [0.717, 1.165) is 44.0 Å². The molecule has 7 aliphatic rings. The van der Waals surface area contributed by atoms with Gasteiger partial charge in [-0.3, -0.25) is 0 Å². The smallest absolute Gasteiger partial charge is 0.331 e.